The molecule has 0 aromatic rings. The molecule has 0 heterocycles. The molecule has 2 unspecified atom stereocenters. The lowest BCUT2D eigenvalue weighted by Crippen LogP contribution is -2.62. The van der Waals surface area contributed by atoms with Gasteiger partial charge in [0.15, 0.2) is 24.8 Å². The summed E-state index contributed by atoms with van der Waals surface area (Å²) in [6, 6.07) is -2.82. The predicted octanol–water partition coefficient (Wildman–Crippen LogP) is 6.85. The molecule has 0 aromatic carbocycles. The number of carbonyl (C=O) groups is 8. The van der Waals surface area contributed by atoms with Gasteiger partial charge in [-0.25, -0.2) is 19.2 Å². The topological polar surface area (TPSA) is 278 Å². The molecule has 0 aromatic heterocycles. The summed E-state index contributed by atoms with van der Waals surface area (Å²) in [5.41, 5.74) is -6.43. The van der Waals surface area contributed by atoms with Crippen LogP contribution in [0.1, 0.15) is 159 Å². The Balaban J connectivity index is 0.899. The standard InChI is InChI=1S/C58H84N2O16S2/c1-51(2,3)75-49(69)59-39(47(67)73-27-43(65)57(71)21-17-37-35-13-11-31-23-33(61)15-19-53(31,7)45(35)41(63)25-55(37,57)9)29-77-78-30-40(60-50(70)76-52(4,5)6)48(68)74-28-44(66)58(72)22-18-38-36-14-12-32-24-34(62)16-20-54(32,8)46(36)42(64)26-56(38,58)10/h23-24,35-42,45-46,63-64,71-72H,11-22,25-30H2,1-10H3,(H,59,69)(H,60,70)/t35-,36-,37-,38-,39?,40?,41-,42-,45+,46+,53-,54-,55-,56-,57-,58-/m0/s1. The Bertz CT molecular complexity index is 2340. The van der Waals surface area contributed by atoms with Gasteiger partial charge in [0.05, 0.1) is 12.2 Å². The highest BCUT2D eigenvalue weighted by Gasteiger charge is 2.70. The molecular formula is C58H84N2O16S2. The van der Waals surface area contributed by atoms with Crippen LogP contribution in [-0.4, -0.2) is 139 Å². The third-order valence-electron chi connectivity index (χ3n) is 20.2. The van der Waals surface area contributed by atoms with Gasteiger partial charge in [-0.15, -0.1) is 0 Å². The van der Waals surface area contributed by atoms with Crippen molar-refractivity contribution in [3.63, 3.8) is 0 Å². The Hall–Kier alpha value is -3.82. The van der Waals surface area contributed by atoms with Crippen LogP contribution in [0, 0.1) is 57.2 Å². The molecule has 0 aliphatic heterocycles. The van der Waals surface area contributed by atoms with Gasteiger partial charge < -0.3 is 50.0 Å². The number of esters is 2. The third-order valence-corrected chi connectivity index (χ3v) is 22.6. The maximum absolute atomic E-state index is 14.2. The quantitative estimate of drug-likeness (QED) is 0.0423. The van der Waals surface area contributed by atoms with Gasteiger partial charge in [-0.1, -0.05) is 60.4 Å². The van der Waals surface area contributed by atoms with Gasteiger partial charge in [-0.2, -0.15) is 0 Å². The van der Waals surface area contributed by atoms with E-state index in [0.29, 0.717) is 64.2 Å². The fraction of sp³-hybridized carbons (Fsp3) is 0.793. The molecule has 0 spiro atoms. The summed E-state index contributed by atoms with van der Waals surface area (Å²) in [5.74, 6) is -4.15. The van der Waals surface area contributed by atoms with Crippen LogP contribution in [0.2, 0.25) is 0 Å². The lowest BCUT2D eigenvalue weighted by molar-refractivity contribution is -0.184. The van der Waals surface area contributed by atoms with E-state index >= 15 is 0 Å². The minimum absolute atomic E-state index is 0.000588. The Labute approximate surface area is 466 Å². The molecule has 8 aliphatic carbocycles. The minimum Gasteiger partial charge on any atom is -0.456 e. The number of hydrogen-bond donors (Lipinski definition) is 6. The van der Waals surface area contributed by atoms with Gasteiger partial charge in [0, 0.05) is 35.2 Å². The van der Waals surface area contributed by atoms with Crippen LogP contribution in [0.15, 0.2) is 23.3 Å². The fourth-order valence-electron chi connectivity index (χ4n) is 16.5. The summed E-state index contributed by atoms with van der Waals surface area (Å²) in [4.78, 5) is 107. The fourth-order valence-corrected chi connectivity index (χ4v) is 18.8. The predicted molar refractivity (Wildman–Crippen MR) is 289 cm³/mol. The van der Waals surface area contributed by atoms with Crippen LogP contribution >= 0.6 is 21.6 Å². The summed E-state index contributed by atoms with van der Waals surface area (Å²) < 4.78 is 22.0. The molecule has 18 nitrogen and oxygen atoms in total. The van der Waals surface area contributed by atoms with E-state index in [2.05, 4.69) is 24.5 Å². The molecule has 6 saturated carbocycles. The highest BCUT2D eigenvalue weighted by molar-refractivity contribution is 8.76. The zero-order chi connectivity index (χ0) is 57.3. The van der Waals surface area contributed by atoms with Crippen LogP contribution < -0.4 is 10.6 Å². The van der Waals surface area contributed by atoms with Crippen molar-refractivity contribution in [1.82, 2.24) is 10.6 Å². The van der Waals surface area contributed by atoms with Gasteiger partial charge in [0.25, 0.3) is 0 Å². The Morgan fingerprint density at radius 1 is 0.590 bits per heavy atom. The molecule has 2 amide bonds. The first-order chi connectivity index (χ1) is 36.2. The molecule has 8 aliphatic rings. The molecular weight excluding hydrogens is 1040 g/mol. The molecule has 78 heavy (non-hydrogen) atoms. The normalized spacial score (nSPS) is 38.7. The number of hydrogen-bond acceptors (Lipinski definition) is 18. The number of ether oxygens (including phenoxy) is 4. The molecule has 0 bridgehead atoms. The second-order valence-corrected chi connectivity index (χ2v) is 29.5. The van der Waals surface area contributed by atoms with E-state index in [-0.39, 0.29) is 95.1 Å². The lowest BCUT2D eigenvalue weighted by atomic mass is 9.45. The van der Waals surface area contributed by atoms with E-state index in [1.54, 1.807) is 53.7 Å². The lowest BCUT2D eigenvalue weighted by Gasteiger charge is -2.60. The molecule has 8 rings (SSSR count). The van der Waals surface area contributed by atoms with Crippen LogP contribution in [0.5, 0.6) is 0 Å². The van der Waals surface area contributed by atoms with E-state index in [1.807, 2.05) is 13.8 Å². The Morgan fingerprint density at radius 2 is 0.949 bits per heavy atom. The molecule has 6 N–H and O–H groups in total. The average molecular weight is 1130 g/mol. The number of alkyl carbamates (subject to hydrolysis) is 2. The zero-order valence-corrected chi connectivity index (χ0v) is 48.8. The summed E-state index contributed by atoms with van der Waals surface area (Å²) in [5, 5.41) is 53.4. The first kappa shape index (κ1) is 60.3. The monoisotopic (exact) mass is 1130 g/mol. The van der Waals surface area contributed by atoms with Crippen LogP contribution in [0.4, 0.5) is 9.59 Å². The number of rotatable bonds is 15. The van der Waals surface area contributed by atoms with Crippen LogP contribution in [-0.2, 0) is 47.7 Å². The molecule has 16 atom stereocenters. The number of ketones is 4. The second kappa shape index (κ2) is 21.8. The number of Topliss-reactive ketones (excluding diaryl/α,β-unsaturated/α-hetero) is 2. The molecule has 434 valence electrons. The van der Waals surface area contributed by atoms with E-state index < -0.39 is 106 Å². The average Bonchev–Trinajstić information content (AvgIpc) is 3.96. The largest absolute Gasteiger partial charge is 0.456 e. The first-order valence-electron chi connectivity index (χ1n) is 28.1. The van der Waals surface area contributed by atoms with Crippen LogP contribution in [0.3, 0.4) is 0 Å². The minimum atomic E-state index is -1.93. The van der Waals surface area contributed by atoms with Crippen molar-refractivity contribution in [2.45, 2.75) is 206 Å². The first-order valence-corrected chi connectivity index (χ1v) is 30.6. The van der Waals surface area contributed by atoms with Gasteiger partial charge in [-0.05, 0) is 177 Å². The Morgan fingerprint density at radius 3 is 1.29 bits per heavy atom. The third kappa shape index (κ3) is 11.1. The smallest absolute Gasteiger partial charge is 0.408 e. The number of allylic oxidation sites excluding steroid dienone is 2. The van der Waals surface area contributed by atoms with Crippen molar-refractivity contribution in [3.8, 4) is 0 Å². The number of aliphatic hydroxyl groups is 4. The maximum atomic E-state index is 14.2. The van der Waals surface area contributed by atoms with Gasteiger partial charge >= 0.3 is 24.1 Å². The summed E-state index contributed by atoms with van der Waals surface area (Å²) in [7, 11) is 2.02. The molecule has 6 fully saturated rings. The van der Waals surface area contributed by atoms with Crippen molar-refractivity contribution in [1.29, 1.82) is 0 Å². The highest BCUT2D eigenvalue weighted by Crippen LogP contribution is 2.69. The summed E-state index contributed by atoms with van der Waals surface area (Å²) >= 11 is 0. The summed E-state index contributed by atoms with van der Waals surface area (Å²) in [6.45, 7) is 16.1. The highest BCUT2D eigenvalue weighted by atomic mass is 33.1. The van der Waals surface area contributed by atoms with Crippen molar-refractivity contribution in [2.75, 3.05) is 24.7 Å². The number of fused-ring (bicyclic) bond motifs is 10. The van der Waals surface area contributed by atoms with Crippen molar-refractivity contribution >= 4 is 68.8 Å². The van der Waals surface area contributed by atoms with Gasteiger partial charge in [-0.3, -0.25) is 19.2 Å². The van der Waals surface area contributed by atoms with Crippen molar-refractivity contribution in [2.24, 2.45) is 57.2 Å². The summed E-state index contributed by atoms with van der Waals surface area (Å²) in [6.07, 6.45) is 6.37. The van der Waals surface area contributed by atoms with E-state index in [0.717, 1.165) is 32.7 Å². The van der Waals surface area contributed by atoms with Gasteiger partial charge in [0.1, 0.15) is 34.5 Å². The molecule has 0 saturated heterocycles. The number of aliphatic hydroxyl groups excluding tert-OH is 2. The van der Waals surface area contributed by atoms with E-state index in [9.17, 15) is 58.8 Å². The maximum Gasteiger partial charge on any atom is 0.408 e. The van der Waals surface area contributed by atoms with Crippen LogP contribution in [0.25, 0.3) is 0 Å². The SMILES string of the molecule is CC(C)(C)OC(=O)NC(CSSCC(NC(=O)OC(C)(C)C)C(=O)OCC(=O)[C@@]1(O)CC[C@H]2[C@@H]3CCC4=CC(=O)CC[C@]4(C)[C@H]3[C@@H](O)C[C@@]21C)C(=O)OCC(=O)[C@@]1(O)CC[C@H]2[C@@H]3CCC4=CC(=O)CC[C@]4(C)[C@H]3[C@@H](O)C[C@@]21C. The number of carbonyl (C=O) groups excluding carboxylic acids is 8. The van der Waals surface area contributed by atoms with E-state index in [1.165, 1.54) is 0 Å². The van der Waals surface area contributed by atoms with E-state index in [4.69, 9.17) is 18.9 Å². The number of nitrogens with one attached hydrogen (secondary N) is 2. The molecule has 0 radical (unpaired) electrons. The number of amides is 2. The van der Waals surface area contributed by atoms with Crippen molar-refractivity contribution < 1.29 is 77.7 Å². The Kier molecular flexibility index (Phi) is 16.9. The molecule has 20 heteroatoms. The van der Waals surface area contributed by atoms with Crippen molar-refractivity contribution in [3.05, 3.63) is 23.3 Å². The van der Waals surface area contributed by atoms with Gasteiger partial charge in [0.2, 0.25) is 11.6 Å². The zero-order valence-electron chi connectivity index (χ0n) is 47.2. The second-order valence-electron chi connectivity index (χ2n) is 27.0.